The molecule has 1 saturated heterocycles. The van der Waals surface area contributed by atoms with Crippen molar-refractivity contribution in [1.29, 1.82) is 0 Å². The minimum absolute atomic E-state index is 0. The molecule has 3 aromatic rings. The number of anilines is 1. The SMILES string of the molecule is CCc1ccc2nc(N(CCN(C)C)C(=O)c3ccc(S(=O)(=O)N4CCCCC4C)cc3)sc2c1.Cl. The fourth-order valence-corrected chi connectivity index (χ4v) is 7.12. The Kier molecular flexibility index (Phi) is 9.51. The minimum Gasteiger partial charge on any atom is -0.308 e. The van der Waals surface area contributed by atoms with Crippen LogP contribution in [-0.4, -0.2) is 68.3 Å². The second-order valence-electron chi connectivity index (χ2n) is 9.40. The summed E-state index contributed by atoms with van der Waals surface area (Å²) in [6.07, 6.45) is 3.74. The summed E-state index contributed by atoms with van der Waals surface area (Å²) in [5, 5.41) is 0.652. The number of amides is 1. The Balaban J connectivity index is 0.00000361. The molecule has 1 aromatic heterocycles. The molecule has 196 valence electrons. The second kappa shape index (κ2) is 12.0. The van der Waals surface area contributed by atoms with Gasteiger partial charge in [-0.25, -0.2) is 13.4 Å². The minimum atomic E-state index is -3.58. The van der Waals surface area contributed by atoms with Crippen LogP contribution in [0.3, 0.4) is 0 Å². The molecule has 10 heteroatoms. The number of halogens is 1. The monoisotopic (exact) mass is 550 g/mol. The highest BCUT2D eigenvalue weighted by Gasteiger charge is 2.31. The van der Waals surface area contributed by atoms with Gasteiger partial charge in [0.25, 0.3) is 5.91 Å². The van der Waals surface area contributed by atoms with Gasteiger partial charge in [-0.1, -0.05) is 30.7 Å². The van der Waals surface area contributed by atoms with Crippen molar-refractivity contribution in [3.8, 4) is 0 Å². The summed E-state index contributed by atoms with van der Waals surface area (Å²) in [5.41, 5.74) is 2.56. The highest BCUT2D eigenvalue weighted by Crippen LogP contribution is 2.31. The highest BCUT2D eigenvalue weighted by molar-refractivity contribution is 7.89. The molecule has 1 atom stereocenters. The maximum absolute atomic E-state index is 13.6. The Bertz CT molecular complexity index is 1290. The van der Waals surface area contributed by atoms with Gasteiger partial charge in [0.05, 0.1) is 15.1 Å². The number of nitrogens with zero attached hydrogens (tertiary/aromatic N) is 4. The van der Waals surface area contributed by atoms with E-state index in [-0.39, 0.29) is 29.3 Å². The van der Waals surface area contributed by atoms with Gasteiger partial charge in [-0.05, 0) is 82.2 Å². The Morgan fingerprint density at radius 3 is 2.47 bits per heavy atom. The number of carbonyl (C=O) groups is 1. The standard InChI is InChI=1S/C26H34N4O3S2.ClH/c1-5-20-9-14-23-24(18-20)34-26(27-23)29(17-16-28(3)4)25(31)21-10-12-22(13-11-21)35(32,33)30-15-7-6-8-19(30)2;/h9-14,18-19H,5-8,15-17H2,1-4H3;1H. The van der Waals surface area contributed by atoms with E-state index in [1.165, 1.54) is 16.9 Å². The lowest BCUT2D eigenvalue weighted by Crippen LogP contribution is -2.41. The number of piperidine rings is 1. The molecule has 0 aliphatic carbocycles. The summed E-state index contributed by atoms with van der Waals surface area (Å²) in [6.45, 7) is 5.78. The molecule has 1 amide bonds. The Labute approximate surface area is 224 Å². The van der Waals surface area contributed by atoms with E-state index in [2.05, 4.69) is 19.1 Å². The van der Waals surface area contributed by atoms with Gasteiger partial charge in [0.1, 0.15) is 0 Å². The number of likely N-dealkylation sites (N-methyl/N-ethyl adjacent to an activating group) is 1. The third-order valence-corrected chi connectivity index (χ3v) is 9.62. The van der Waals surface area contributed by atoms with Crippen LogP contribution in [0.4, 0.5) is 5.13 Å². The lowest BCUT2D eigenvalue weighted by molar-refractivity contribution is 0.0985. The van der Waals surface area contributed by atoms with Crippen molar-refractivity contribution in [3.63, 3.8) is 0 Å². The largest absolute Gasteiger partial charge is 0.308 e. The molecule has 2 aromatic carbocycles. The van der Waals surface area contributed by atoms with Gasteiger partial charge < -0.3 is 4.90 Å². The molecule has 1 aliphatic rings. The molecule has 1 fully saturated rings. The molecular weight excluding hydrogens is 516 g/mol. The first-order valence-corrected chi connectivity index (χ1v) is 14.4. The third kappa shape index (κ3) is 6.08. The lowest BCUT2D eigenvalue weighted by Gasteiger charge is -2.32. The topological polar surface area (TPSA) is 73.8 Å². The molecule has 1 unspecified atom stereocenters. The molecular formula is C26H35ClN4O3S2. The summed E-state index contributed by atoms with van der Waals surface area (Å²) < 4.78 is 29.0. The number of thiazole rings is 1. The number of sulfonamides is 1. The van der Waals surface area contributed by atoms with Gasteiger partial charge in [0.15, 0.2) is 5.13 Å². The molecule has 4 rings (SSSR count). The molecule has 0 bridgehead atoms. The van der Waals surface area contributed by atoms with Gasteiger partial charge in [0, 0.05) is 31.2 Å². The van der Waals surface area contributed by atoms with Crippen molar-refractivity contribution in [3.05, 3.63) is 53.6 Å². The first kappa shape index (κ1) is 28.5. The van der Waals surface area contributed by atoms with Crippen LogP contribution in [0.5, 0.6) is 0 Å². The zero-order valence-corrected chi connectivity index (χ0v) is 23.8. The zero-order valence-electron chi connectivity index (χ0n) is 21.3. The van der Waals surface area contributed by atoms with Gasteiger partial charge in [0.2, 0.25) is 10.0 Å². The van der Waals surface area contributed by atoms with Crippen molar-refractivity contribution < 1.29 is 13.2 Å². The van der Waals surface area contributed by atoms with E-state index in [9.17, 15) is 13.2 Å². The Hall–Kier alpha value is -2.04. The second-order valence-corrected chi connectivity index (χ2v) is 12.3. The fraction of sp³-hybridized carbons (Fsp3) is 0.462. The van der Waals surface area contributed by atoms with Crippen LogP contribution in [0.25, 0.3) is 10.2 Å². The van der Waals surface area contributed by atoms with Crippen molar-refractivity contribution in [2.24, 2.45) is 0 Å². The molecule has 1 aliphatic heterocycles. The van der Waals surface area contributed by atoms with Crippen LogP contribution >= 0.6 is 23.7 Å². The zero-order chi connectivity index (χ0) is 25.2. The molecule has 0 saturated carbocycles. The van der Waals surface area contributed by atoms with Gasteiger partial charge in [-0.2, -0.15) is 4.31 Å². The number of rotatable bonds is 8. The smallest absolute Gasteiger partial charge is 0.260 e. The quantitative estimate of drug-likeness (QED) is 0.392. The predicted molar refractivity (Wildman–Crippen MR) is 150 cm³/mol. The number of aromatic nitrogens is 1. The van der Waals surface area contributed by atoms with Crippen molar-refractivity contribution in [1.82, 2.24) is 14.2 Å². The van der Waals surface area contributed by atoms with E-state index >= 15 is 0 Å². The number of carbonyl (C=O) groups excluding carboxylic acids is 1. The van der Waals surface area contributed by atoms with Crippen molar-refractivity contribution in [2.45, 2.75) is 50.5 Å². The van der Waals surface area contributed by atoms with Gasteiger partial charge in [-0.3, -0.25) is 9.69 Å². The Morgan fingerprint density at radius 2 is 1.83 bits per heavy atom. The van der Waals surface area contributed by atoms with E-state index in [1.807, 2.05) is 32.0 Å². The normalized spacial score (nSPS) is 16.8. The summed E-state index contributed by atoms with van der Waals surface area (Å²) in [4.78, 5) is 22.3. The summed E-state index contributed by atoms with van der Waals surface area (Å²) in [6, 6.07) is 12.5. The first-order valence-electron chi connectivity index (χ1n) is 12.2. The van der Waals surface area contributed by atoms with Crippen LogP contribution in [0.2, 0.25) is 0 Å². The maximum atomic E-state index is 13.6. The third-order valence-electron chi connectivity index (χ3n) is 6.55. The molecule has 7 nitrogen and oxygen atoms in total. The average molecular weight is 551 g/mol. The van der Waals surface area contributed by atoms with Gasteiger partial charge >= 0.3 is 0 Å². The molecule has 0 spiro atoms. The lowest BCUT2D eigenvalue weighted by atomic mass is 10.1. The molecule has 0 radical (unpaired) electrons. The Morgan fingerprint density at radius 1 is 1.11 bits per heavy atom. The summed E-state index contributed by atoms with van der Waals surface area (Å²) in [7, 11) is 0.356. The first-order chi connectivity index (χ1) is 16.7. The van der Waals surface area contributed by atoms with E-state index in [0.717, 1.165) is 35.9 Å². The van der Waals surface area contributed by atoms with Crippen molar-refractivity contribution in [2.75, 3.05) is 38.6 Å². The van der Waals surface area contributed by atoms with Crippen LogP contribution in [0.1, 0.15) is 49.0 Å². The van der Waals surface area contributed by atoms with Crippen LogP contribution in [0.15, 0.2) is 47.4 Å². The number of hydrogen-bond acceptors (Lipinski definition) is 6. The molecule has 0 N–H and O–H groups in total. The predicted octanol–water partition coefficient (Wildman–Crippen LogP) is 5.05. The van der Waals surface area contributed by atoms with E-state index < -0.39 is 10.0 Å². The number of aryl methyl sites for hydroxylation is 1. The maximum Gasteiger partial charge on any atom is 0.260 e. The summed E-state index contributed by atoms with van der Waals surface area (Å²) >= 11 is 1.51. The van der Waals surface area contributed by atoms with Crippen LogP contribution in [0, 0.1) is 0 Å². The fourth-order valence-electron chi connectivity index (χ4n) is 4.37. The highest BCUT2D eigenvalue weighted by atomic mass is 35.5. The van der Waals surface area contributed by atoms with E-state index in [0.29, 0.717) is 30.3 Å². The van der Waals surface area contributed by atoms with Gasteiger partial charge in [-0.15, -0.1) is 12.4 Å². The summed E-state index contributed by atoms with van der Waals surface area (Å²) in [5.74, 6) is -0.183. The van der Waals surface area contributed by atoms with E-state index in [4.69, 9.17) is 4.98 Å². The van der Waals surface area contributed by atoms with Crippen LogP contribution in [-0.2, 0) is 16.4 Å². The average Bonchev–Trinajstić information content (AvgIpc) is 3.27. The number of fused-ring (bicyclic) bond motifs is 1. The number of benzene rings is 2. The van der Waals surface area contributed by atoms with Crippen LogP contribution < -0.4 is 4.90 Å². The number of hydrogen-bond donors (Lipinski definition) is 0. The van der Waals surface area contributed by atoms with E-state index in [1.54, 1.807) is 33.5 Å². The molecule has 2 heterocycles. The molecule has 36 heavy (non-hydrogen) atoms. The van der Waals surface area contributed by atoms with Crippen molar-refractivity contribution >= 4 is 55.0 Å².